The van der Waals surface area contributed by atoms with E-state index >= 15 is 0 Å². The number of benzene rings is 1. The minimum Gasteiger partial charge on any atom is -0.480 e. The number of nitrogens with one attached hydrogen (secondary N) is 2. The maximum atomic E-state index is 13.4. The molecular formula is C17H21F3N2O3. The number of carbonyl (C=O) groups is 2. The van der Waals surface area contributed by atoms with E-state index in [1.165, 1.54) is 18.2 Å². The third-order valence-electron chi connectivity index (χ3n) is 4.04. The van der Waals surface area contributed by atoms with Gasteiger partial charge in [-0.1, -0.05) is 38.1 Å². The van der Waals surface area contributed by atoms with Crippen molar-refractivity contribution in [3.8, 4) is 0 Å². The van der Waals surface area contributed by atoms with Gasteiger partial charge in [0.1, 0.15) is 5.54 Å². The lowest BCUT2D eigenvalue weighted by atomic mass is 9.98. The molecule has 2 rings (SSSR count). The first-order chi connectivity index (χ1) is 11.5. The molecule has 1 saturated carbocycles. The number of urea groups is 1. The number of carboxylic acids is 1. The van der Waals surface area contributed by atoms with E-state index in [9.17, 15) is 22.8 Å². The molecule has 0 radical (unpaired) electrons. The number of carbonyl (C=O) groups excluding carboxylic acids is 1. The Morgan fingerprint density at radius 1 is 1.28 bits per heavy atom. The van der Waals surface area contributed by atoms with E-state index in [4.69, 9.17) is 5.11 Å². The number of hydrogen-bond acceptors (Lipinski definition) is 2. The van der Waals surface area contributed by atoms with Gasteiger partial charge in [-0.05, 0) is 36.3 Å². The summed E-state index contributed by atoms with van der Waals surface area (Å²) in [5.41, 5.74) is -0.783. The van der Waals surface area contributed by atoms with Crippen LogP contribution in [0.4, 0.5) is 18.0 Å². The quantitative estimate of drug-likeness (QED) is 0.729. The first kappa shape index (κ1) is 19.1. The molecule has 0 heterocycles. The van der Waals surface area contributed by atoms with Gasteiger partial charge in [0, 0.05) is 0 Å². The van der Waals surface area contributed by atoms with Crippen molar-refractivity contribution in [3.05, 3.63) is 35.4 Å². The predicted octanol–water partition coefficient (Wildman–Crippen LogP) is 3.40. The molecule has 1 aliphatic rings. The van der Waals surface area contributed by atoms with Crippen LogP contribution in [0.15, 0.2) is 24.3 Å². The van der Waals surface area contributed by atoms with Crippen LogP contribution in [-0.4, -0.2) is 28.8 Å². The zero-order valence-electron chi connectivity index (χ0n) is 14.0. The summed E-state index contributed by atoms with van der Waals surface area (Å²) in [7, 11) is 0. The van der Waals surface area contributed by atoms with Crippen molar-refractivity contribution in [2.45, 2.75) is 50.9 Å². The summed E-state index contributed by atoms with van der Waals surface area (Å²) in [5, 5.41) is 13.0. The Morgan fingerprint density at radius 3 is 2.40 bits per heavy atom. The Kier molecular flexibility index (Phi) is 5.29. The molecule has 8 heteroatoms. The maximum absolute atomic E-state index is 13.4. The van der Waals surface area contributed by atoms with Crippen molar-refractivity contribution in [1.82, 2.24) is 10.6 Å². The molecule has 5 nitrogen and oxygen atoms in total. The molecule has 0 spiro atoms. The number of carboxylic acid groups (broad SMARTS) is 1. The largest absolute Gasteiger partial charge is 0.480 e. The highest BCUT2D eigenvalue weighted by Gasteiger charge is 2.52. The lowest BCUT2D eigenvalue weighted by molar-refractivity contribution is -0.155. The van der Waals surface area contributed by atoms with E-state index in [0.717, 1.165) is 5.56 Å². The van der Waals surface area contributed by atoms with Crippen molar-refractivity contribution in [2.24, 2.45) is 5.92 Å². The Balaban J connectivity index is 2.17. The molecule has 25 heavy (non-hydrogen) atoms. The van der Waals surface area contributed by atoms with Crippen molar-refractivity contribution in [1.29, 1.82) is 0 Å². The highest BCUT2D eigenvalue weighted by atomic mass is 19.4. The molecule has 0 unspecified atom stereocenters. The van der Waals surface area contributed by atoms with E-state index in [2.05, 4.69) is 5.32 Å². The van der Waals surface area contributed by atoms with Crippen LogP contribution in [0.3, 0.4) is 0 Å². The highest BCUT2D eigenvalue weighted by molar-refractivity contribution is 5.89. The second-order valence-corrected chi connectivity index (χ2v) is 6.80. The number of alkyl halides is 3. The molecule has 1 aromatic carbocycles. The molecule has 1 atom stereocenters. The van der Waals surface area contributed by atoms with Crippen LogP contribution in [0.25, 0.3) is 0 Å². The summed E-state index contributed by atoms with van der Waals surface area (Å²) in [6.45, 7) is 3.92. The lowest BCUT2D eigenvalue weighted by Gasteiger charge is -2.24. The zero-order valence-corrected chi connectivity index (χ0v) is 14.0. The number of hydrogen-bond donors (Lipinski definition) is 3. The Labute approximate surface area is 143 Å². The topological polar surface area (TPSA) is 78.4 Å². The molecule has 0 aliphatic heterocycles. The van der Waals surface area contributed by atoms with Gasteiger partial charge in [-0.3, -0.25) is 0 Å². The van der Waals surface area contributed by atoms with Gasteiger partial charge in [0.25, 0.3) is 0 Å². The van der Waals surface area contributed by atoms with E-state index in [1.54, 1.807) is 6.07 Å². The van der Waals surface area contributed by atoms with Gasteiger partial charge < -0.3 is 15.7 Å². The van der Waals surface area contributed by atoms with Crippen LogP contribution in [0.2, 0.25) is 0 Å². The van der Waals surface area contributed by atoms with Crippen LogP contribution in [0, 0.1) is 5.92 Å². The molecule has 138 valence electrons. The number of halogens is 3. The van der Waals surface area contributed by atoms with Gasteiger partial charge in [-0.15, -0.1) is 0 Å². The average molecular weight is 358 g/mol. The molecule has 3 N–H and O–H groups in total. The molecule has 1 aliphatic carbocycles. The van der Waals surface area contributed by atoms with Crippen LogP contribution in [0.1, 0.15) is 43.9 Å². The summed E-state index contributed by atoms with van der Waals surface area (Å²) in [4.78, 5) is 23.0. The van der Waals surface area contributed by atoms with Crippen LogP contribution in [-0.2, 0) is 11.2 Å². The predicted molar refractivity (Wildman–Crippen MR) is 85.0 cm³/mol. The van der Waals surface area contributed by atoms with Gasteiger partial charge in [0.2, 0.25) is 0 Å². The van der Waals surface area contributed by atoms with Crippen LogP contribution >= 0.6 is 0 Å². The fourth-order valence-corrected chi connectivity index (χ4v) is 2.63. The third-order valence-corrected chi connectivity index (χ3v) is 4.04. The summed E-state index contributed by atoms with van der Waals surface area (Å²) in [6, 6.07) is 2.63. The minimum atomic E-state index is -4.70. The van der Waals surface area contributed by atoms with E-state index in [0.29, 0.717) is 6.42 Å². The van der Waals surface area contributed by atoms with Gasteiger partial charge in [-0.2, -0.15) is 13.2 Å². The standard InChI is InChI=1S/C17H21F3N2O3/c1-10(2)8-11-4-3-5-12(9-11)13(17(18,19)20)21-15(25)22-16(6-7-16)14(23)24/h3-5,9-10,13H,6-8H2,1-2H3,(H,23,24)(H2,21,22,25)/t13-/m1/s1. The van der Waals surface area contributed by atoms with Crippen molar-refractivity contribution in [3.63, 3.8) is 0 Å². The van der Waals surface area contributed by atoms with Gasteiger partial charge in [0.15, 0.2) is 6.04 Å². The third kappa shape index (κ3) is 4.87. The van der Waals surface area contributed by atoms with Gasteiger partial charge in [-0.25, -0.2) is 9.59 Å². The Bertz CT molecular complexity index is 655. The highest BCUT2D eigenvalue weighted by Crippen LogP contribution is 2.36. The first-order valence-corrected chi connectivity index (χ1v) is 8.01. The van der Waals surface area contributed by atoms with E-state index in [-0.39, 0.29) is 24.3 Å². The molecule has 1 aromatic rings. The second-order valence-electron chi connectivity index (χ2n) is 6.80. The SMILES string of the molecule is CC(C)Cc1cccc([C@@H](NC(=O)NC2(C(=O)O)CC2)C(F)(F)F)c1. The number of amides is 2. The maximum Gasteiger partial charge on any atom is 0.412 e. The van der Waals surface area contributed by atoms with Crippen molar-refractivity contribution >= 4 is 12.0 Å². The zero-order chi connectivity index (χ0) is 18.8. The monoisotopic (exact) mass is 358 g/mol. The molecule has 0 aromatic heterocycles. The van der Waals surface area contributed by atoms with Crippen LogP contribution in [0.5, 0.6) is 0 Å². The smallest absolute Gasteiger partial charge is 0.412 e. The summed E-state index contributed by atoms with van der Waals surface area (Å²) < 4.78 is 40.2. The van der Waals surface area contributed by atoms with Crippen LogP contribution < -0.4 is 10.6 Å². The lowest BCUT2D eigenvalue weighted by Crippen LogP contribution is -2.50. The molecule has 0 saturated heterocycles. The molecule has 2 amide bonds. The molecular weight excluding hydrogens is 337 g/mol. The normalized spacial score (nSPS) is 17.0. The fraction of sp³-hybridized carbons (Fsp3) is 0.529. The summed E-state index contributed by atoms with van der Waals surface area (Å²) in [5.74, 6) is -0.966. The number of rotatable bonds is 6. The van der Waals surface area contributed by atoms with Gasteiger partial charge >= 0.3 is 18.2 Å². The molecule has 1 fully saturated rings. The van der Waals surface area contributed by atoms with Gasteiger partial charge in [0.05, 0.1) is 0 Å². The minimum absolute atomic E-state index is 0.0824. The summed E-state index contributed by atoms with van der Waals surface area (Å²) >= 11 is 0. The van der Waals surface area contributed by atoms with Crippen molar-refractivity contribution in [2.75, 3.05) is 0 Å². The number of aliphatic carboxylic acids is 1. The molecule has 0 bridgehead atoms. The Hall–Kier alpha value is -2.25. The van der Waals surface area contributed by atoms with Crippen molar-refractivity contribution < 1.29 is 27.9 Å². The first-order valence-electron chi connectivity index (χ1n) is 8.01. The summed E-state index contributed by atoms with van der Waals surface area (Å²) in [6.07, 6.45) is -3.67. The Morgan fingerprint density at radius 2 is 1.92 bits per heavy atom. The average Bonchev–Trinajstić information content (AvgIpc) is 3.24. The fourth-order valence-electron chi connectivity index (χ4n) is 2.63. The van der Waals surface area contributed by atoms with E-state index in [1.807, 2.05) is 19.2 Å². The van der Waals surface area contributed by atoms with E-state index < -0.39 is 29.8 Å². The second kappa shape index (κ2) is 6.93.